The maximum Gasteiger partial charge on any atom is 0.137 e. The van der Waals surface area contributed by atoms with Gasteiger partial charge in [0, 0.05) is 11.6 Å². The molecule has 1 aliphatic heterocycles. The molecule has 3 heteroatoms. The highest BCUT2D eigenvalue weighted by molar-refractivity contribution is 6.38. The van der Waals surface area contributed by atoms with Gasteiger partial charge in [-0.1, -0.05) is 32.0 Å². The van der Waals surface area contributed by atoms with E-state index >= 15 is 0 Å². The summed E-state index contributed by atoms with van der Waals surface area (Å²) in [6.07, 6.45) is 3.79. The van der Waals surface area contributed by atoms with Crippen LogP contribution in [0.15, 0.2) is 40.4 Å². The smallest absolute Gasteiger partial charge is 0.137 e. The quantitative estimate of drug-likeness (QED) is 0.803. The van der Waals surface area contributed by atoms with E-state index in [0.717, 1.165) is 11.4 Å². The highest BCUT2D eigenvalue weighted by Crippen LogP contribution is 2.25. The second-order valence-electron chi connectivity index (χ2n) is 5.22. The maximum atomic E-state index is 4.54. The molecule has 19 heavy (non-hydrogen) atoms. The molecule has 3 rings (SSSR count). The van der Waals surface area contributed by atoms with Gasteiger partial charge in [0.2, 0.25) is 0 Å². The van der Waals surface area contributed by atoms with Gasteiger partial charge in [0.15, 0.2) is 0 Å². The molecule has 0 fully saturated rings. The number of rotatable bonds is 2. The Kier molecular flexibility index (Phi) is 2.90. The van der Waals surface area contributed by atoms with Gasteiger partial charge in [-0.3, -0.25) is 15.0 Å². The van der Waals surface area contributed by atoms with Crippen LogP contribution in [0.25, 0.3) is 10.8 Å². The second-order valence-corrected chi connectivity index (χ2v) is 5.22. The summed E-state index contributed by atoms with van der Waals surface area (Å²) >= 11 is 0. The van der Waals surface area contributed by atoms with Gasteiger partial charge in [-0.15, -0.1) is 0 Å². The third-order valence-corrected chi connectivity index (χ3v) is 3.42. The Morgan fingerprint density at radius 1 is 1.21 bits per heavy atom. The summed E-state index contributed by atoms with van der Waals surface area (Å²) in [5.74, 6) is 0.502. The normalized spacial score (nSPS) is 18.3. The molecule has 0 amide bonds. The second kappa shape index (κ2) is 4.57. The fraction of sp³-hybridized carbons (Fsp3) is 0.312. The van der Waals surface area contributed by atoms with E-state index in [1.54, 1.807) is 0 Å². The Bertz CT molecular complexity index is 683. The summed E-state index contributed by atoms with van der Waals surface area (Å²) in [4.78, 5) is 13.3. The van der Waals surface area contributed by atoms with Gasteiger partial charge in [0.25, 0.3) is 0 Å². The molecule has 1 aromatic heterocycles. The van der Waals surface area contributed by atoms with Crippen molar-refractivity contribution in [2.24, 2.45) is 9.98 Å². The predicted molar refractivity (Wildman–Crippen MR) is 80.3 cm³/mol. The van der Waals surface area contributed by atoms with Gasteiger partial charge in [0.1, 0.15) is 11.9 Å². The first-order valence-electron chi connectivity index (χ1n) is 6.65. The molecule has 0 radical (unpaired) electrons. The first-order chi connectivity index (χ1) is 9.15. The molecule has 96 valence electrons. The lowest BCUT2D eigenvalue weighted by Crippen LogP contribution is -2.03. The van der Waals surface area contributed by atoms with Gasteiger partial charge >= 0.3 is 0 Å². The fourth-order valence-corrected chi connectivity index (χ4v) is 2.42. The zero-order valence-electron chi connectivity index (χ0n) is 11.5. The van der Waals surface area contributed by atoms with Crippen LogP contribution in [0.2, 0.25) is 0 Å². The monoisotopic (exact) mass is 251 g/mol. The first kappa shape index (κ1) is 12.0. The van der Waals surface area contributed by atoms with Crippen molar-refractivity contribution < 1.29 is 0 Å². The highest BCUT2D eigenvalue weighted by Gasteiger charge is 2.12. The van der Waals surface area contributed by atoms with Gasteiger partial charge < -0.3 is 0 Å². The Morgan fingerprint density at radius 2 is 2.05 bits per heavy atom. The molecule has 2 heterocycles. The number of hydrogen-bond acceptors (Lipinski definition) is 3. The highest BCUT2D eigenvalue weighted by atomic mass is 15.0. The standard InChI is InChI=1S/C16H17N3/c1-10(2)13-6-4-5-12-7-15(18-8-14(12)13)16-9-17-11(3)19-16/h4-11H,1-3H3. The van der Waals surface area contributed by atoms with E-state index < -0.39 is 0 Å². The van der Waals surface area contributed by atoms with Crippen LogP contribution in [-0.4, -0.2) is 23.1 Å². The SMILES string of the molecule is CC1N=CC(c2cc3cccc(C(C)C)c3cn2)=N1. The molecule has 0 saturated heterocycles. The van der Waals surface area contributed by atoms with E-state index in [1.807, 2.05) is 19.3 Å². The zero-order chi connectivity index (χ0) is 13.4. The topological polar surface area (TPSA) is 37.6 Å². The molecule has 0 bridgehead atoms. The summed E-state index contributed by atoms with van der Waals surface area (Å²) in [6.45, 7) is 6.39. The summed E-state index contributed by atoms with van der Waals surface area (Å²) in [7, 11) is 0. The van der Waals surface area contributed by atoms with Gasteiger partial charge in [0.05, 0.1) is 11.9 Å². The van der Waals surface area contributed by atoms with Crippen molar-refractivity contribution in [1.29, 1.82) is 0 Å². The third-order valence-electron chi connectivity index (χ3n) is 3.42. The maximum absolute atomic E-state index is 4.54. The van der Waals surface area contributed by atoms with Crippen molar-refractivity contribution in [2.75, 3.05) is 0 Å². The number of fused-ring (bicyclic) bond motifs is 1. The minimum Gasteiger partial charge on any atom is -0.264 e. The van der Waals surface area contributed by atoms with Gasteiger partial charge in [-0.2, -0.15) is 0 Å². The van der Waals surface area contributed by atoms with Crippen LogP contribution in [0.4, 0.5) is 0 Å². The van der Waals surface area contributed by atoms with Crippen LogP contribution in [-0.2, 0) is 0 Å². The minimum atomic E-state index is 0.0227. The number of hydrogen-bond donors (Lipinski definition) is 0. The van der Waals surface area contributed by atoms with Crippen LogP contribution >= 0.6 is 0 Å². The van der Waals surface area contributed by atoms with Crippen molar-refractivity contribution in [3.05, 3.63) is 41.7 Å². The molecule has 1 atom stereocenters. The van der Waals surface area contributed by atoms with E-state index in [4.69, 9.17) is 0 Å². The Balaban J connectivity index is 2.13. The lowest BCUT2D eigenvalue weighted by molar-refractivity contribution is 0.816. The molecule has 0 saturated carbocycles. The number of pyridine rings is 1. The zero-order valence-corrected chi connectivity index (χ0v) is 11.5. The molecule has 3 nitrogen and oxygen atoms in total. The number of aromatic nitrogens is 1. The van der Waals surface area contributed by atoms with Crippen LogP contribution in [0.5, 0.6) is 0 Å². The van der Waals surface area contributed by atoms with Crippen LogP contribution in [0.3, 0.4) is 0 Å². The van der Waals surface area contributed by atoms with Crippen molar-refractivity contribution in [2.45, 2.75) is 32.9 Å². The largest absolute Gasteiger partial charge is 0.264 e. The fourth-order valence-electron chi connectivity index (χ4n) is 2.42. The average molecular weight is 251 g/mol. The Hall–Kier alpha value is -2.03. The van der Waals surface area contributed by atoms with E-state index in [2.05, 4.69) is 53.1 Å². The summed E-state index contributed by atoms with van der Waals surface area (Å²) in [5, 5.41) is 2.44. The minimum absolute atomic E-state index is 0.0227. The molecule has 0 N–H and O–H groups in total. The van der Waals surface area contributed by atoms with E-state index in [9.17, 15) is 0 Å². The van der Waals surface area contributed by atoms with Crippen molar-refractivity contribution in [1.82, 2.24) is 4.98 Å². The molecule has 1 aliphatic rings. The summed E-state index contributed by atoms with van der Waals surface area (Å²) < 4.78 is 0. The van der Waals surface area contributed by atoms with Crippen molar-refractivity contribution >= 4 is 22.7 Å². The van der Waals surface area contributed by atoms with Crippen LogP contribution in [0.1, 0.15) is 37.9 Å². The van der Waals surface area contributed by atoms with E-state index in [0.29, 0.717) is 5.92 Å². The molecule has 0 aliphatic carbocycles. The van der Waals surface area contributed by atoms with E-state index in [-0.39, 0.29) is 6.17 Å². The molecule has 2 aromatic rings. The molecule has 1 unspecified atom stereocenters. The summed E-state index contributed by atoms with van der Waals surface area (Å²) in [6, 6.07) is 8.51. The Morgan fingerprint density at radius 3 is 2.74 bits per heavy atom. The molecule has 1 aromatic carbocycles. The number of benzene rings is 1. The summed E-state index contributed by atoms with van der Waals surface area (Å²) in [5.41, 5.74) is 3.12. The van der Waals surface area contributed by atoms with Gasteiger partial charge in [-0.05, 0) is 29.9 Å². The van der Waals surface area contributed by atoms with Crippen molar-refractivity contribution in [3.63, 3.8) is 0 Å². The third kappa shape index (κ3) is 2.16. The van der Waals surface area contributed by atoms with Crippen LogP contribution in [0, 0.1) is 0 Å². The van der Waals surface area contributed by atoms with Crippen LogP contribution < -0.4 is 0 Å². The molecular weight excluding hydrogens is 234 g/mol. The average Bonchev–Trinajstić information content (AvgIpc) is 2.84. The molecular formula is C16H17N3. The molecule has 0 spiro atoms. The first-order valence-corrected chi connectivity index (χ1v) is 6.65. The lowest BCUT2D eigenvalue weighted by atomic mass is 9.97. The number of nitrogens with zero attached hydrogens (tertiary/aromatic N) is 3. The predicted octanol–water partition coefficient (Wildman–Crippen LogP) is 3.58. The van der Waals surface area contributed by atoms with Gasteiger partial charge in [-0.25, -0.2) is 0 Å². The number of aliphatic imine (C=N–C) groups is 2. The lowest BCUT2D eigenvalue weighted by Gasteiger charge is -2.10. The van der Waals surface area contributed by atoms with E-state index in [1.165, 1.54) is 16.3 Å². The Labute approximate surface area is 113 Å². The van der Waals surface area contributed by atoms with Crippen molar-refractivity contribution in [3.8, 4) is 0 Å².